The summed E-state index contributed by atoms with van der Waals surface area (Å²) in [6.45, 7) is 0. The maximum Gasteiger partial charge on any atom is 0.0326 e. The van der Waals surface area contributed by atoms with Crippen LogP contribution in [0.15, 0.2) is 24.3 Å². The highest BCUT2D eigenvalue weighted by Crippen LogP contribution is 2.04. The zero-order valence-electron chi connectivity index (χ0n) is 6.68. The number of alkyl halides is 1. The van der Waals surface area contributed by atoms with E-state index >= 15 is 0 Å². The number of benzene rings is 1. The van der Waals surface area contributed by atoms with E-state index in [0.29, 0.717) is 0 Å². The molecule has 1 nitrogen and oxygen atoms in total. The summed E-state index contributed by atoms with van der Waals surface area (Å²) in [4.78, 5) is 0. The summed E-state index contributed by atoms with van der Waals surface area (Å²) in [5.74, 6) is 6.05. The molecule has 0 heterocycles. The number of nitrogen functional groups attached to an aromatic ring is 1. The molecule has 0 aliphatic rings. The molecule has 1 aromatic carbocycles. The first-order valence-corrected chi connectivity index (χ1v) is 4.85. The van der Waals surface area contributed by atoms with Crippen molar-refractivity contribution in [2.45, 2.75) is 6.42 Å². The Labute approximate surface area is 81.1 Å². The minimum Gasteiger partial charge on any atom is -0.399 e. The number of anilines is 1. The second-order valence-corrected chi connectivity index (χ2v) is 3.16. The Bertz CT molecular complexity index is 309. The second-order valence-electron chi connectivity index (χ2n) is 2.37. The van der Waals surface area contributed by atoms with Gasteiger partial charge < -0.3 is 5.73 Å². The fourth-order valence-corrected chi connectivity index (χ4v) is 1.03. The lowest BCUT2D eigenvalue weighted by atomic mass is 10.2. The lowest BCUT2D eigenvalue weighted by molar-refractivity contribution is 1.32. The summed E-state index contributed by atoms with van der Waals surface area (Å²) >= 11 is 3.31. The van der Waals surface area contributed by atoms with Crippen LogP contribution in [0.1, 0.15) is 12.0 Å². The standard InChI is InChI=1S/C10H10BrN/c11-7-2-1-4-9-5-3-6-10(12)8-9/h3,5-6,8H,2,7,12H2. The van der Waals surface area contributed by atoms with Crippen molar-refractivity contribution >= 4 is 21.6 Å². The molecule has 0 unspecified atom stereocenters. The lowest BCUT2D eigenvalue weighted by Gasteiger charge is -1.91. The molecule has 0 aliphatic heterocycles. The quantitative estimate of drug-likeness (QED) is 0.442. The first kappa shape index (κ1) is 9.15. The van der Waals surface area contributed by atoms with E-state index in [9.17, 15) is 0 Å². The van der Waals surface area contributed by atoms with Crippen molar-refractivity contribution in [3.8, 4) is 11.8 Å². The molecule has 2 heteroatoms. The molecule has 12 heavy (non-hydrogen) atoms. The van der Waals surface area contributed by atoms with E-state index in [-0.39, 0.29) is 0 Å². The van der Waals surface area contributed by atoms with Crippen molar-refractivity contribution < 1.29 is 0 Å². The summed E-state index contributed by atoms with van der Waals surface area (Å²) in [6, 6.07) is 7.60. The zero-order valence-corrected chi connectivity index (χ0v) is 8.26. The molecular weight excluding hydrogens is 214 g/mol. The fraction of sp³-hybridized carbons (Fsp3) is 0.200. The SMILES string of the molecule is Nc1cccc(C#CCCBr)c1. The van der Waals surface area contributed by atoms with Gasteiger partial charge in [-0.2, -0.15) is 0 Å². The van der Waals surface area contributed by atoms with E-state index in [2.05, 4.69) is 27.8 Å². The Morgan fingerprint density at radius 3 is 2.92 bits per heavy atom. The predicted octanol–water partition coefficient (Wildman–Crippen LogP) is 2.41. The van der Waals surface area contributed by atoms with Gasteiger partial charge in [-0.15, -0.1) is 0 Å². The van der Waals surface area contributed by atoms with Gasteiger partial charge in [-0.1, -0.05) is 33.8 Å². The number of hydrogen-bond donors (Lipinski definition) is 1. The molecule has 62 valence electrons. The van der Waals surface area contributed by atoms with Crippen LogP contribution in [0.4, 0.5) is 5.69 Å². The smallest absolute Gasteiger partial charge is 0.0326 e. The Morgan fingerprint density at radius 1 is 1.42 bits per heavy atom. The third kappa shape index (κ3) is 2.98. The van der Waals surface area contributed by atoms with E-state index in [0.717, 1.165) is 23.0 Å². The van der Waals surface area contributed by atoms with Crippen molar-refractivity contribution in [3.05, 3.63) is 29.8 Å². The molecule has 0 amide bonds. The molecule has 0 aromatic heterocycles. The molecule has 0 aliphatic carbocycles. The average Bonchev–Trinajstić information content (AvgIpc) is 2.05. The van der Waals surface area contributed by atoms with Gasteiger partial charge in [-0.25, -0.2) is 0 Å². The van der Waals surface area contributed by atoms with Gasteiger partial charge in [0.2, 0.25) is 0 Å². The molecule has 0 bridgehead atoms. The first-order valence-electron chi connectivity index (χ1n) is 3.73. The average molecular weight is 224 g/mol. The highest BCUT2D eigenvalue weighted by Gasteiger charge is 1.85. The van der Waals surface area contributed by atoms with Gasteiger partial charge in [0.25, 0.3) is 0 Å². The van der Waals surface area contributed by atoms with Crippen LogP contribution in [-0.4, -0.2) is 5.33 Å². The molecule has 1 rings (SSSR count). The number of nitrogens with two attached hydrogens (primary N) is 1. The maximum atomic E-state index is 5.59. The van der Waals surface area contributed by atoms with Gasteiger partial charge in [0.15, 0.2) is 0 Å². The third-order valence-corrected chi connectivity index (χ3v) is 1.74. The fourth-order valence-electron chi connectivity index (χ4n) is 0.828. The number of halogens is 1. The molecule has 0 saturated carbocycles. The summed E-state index contributed by atoms with van der Waals surface area (Å²) in [5.41, 5.74) is 7.33. The Hall–Kier alpha value is -0.940. The van der Waals surface area contributed by atoms with Crippen LogP contribution in [-0.2, 0) is 0 Å². The van der Waals surface area contributed by atoms with Gasteiger partial charge in [-0.3, -0.25) is 0 Å². The van der Waals surface area contributed by atoms with Gasteiger partial charge in [0, 0.05) is 23.0 Å². The molecule has 0 fully saturated rings. The summed E-state index contributed by atoms with van der Waals surface area (Å²) in [7, 11) is 0. The monoisotopic (exact) mass is 223 g/mol. The van der Waals surface area contributed by atoms with Crippen LogP contribution in [0.3, 0.4) is 0 Å². The third-order valence-electron chi connectivity index (χ3n) is 1.34. The molecule has 0 saturated heterocycles. The van der Waals surface area contributed by atoms with Crippen LogP contribution in [0.25, 0.3) is 0 Å². The van der Waals surface area contributed by atoms with Crippen LogP contribution in [0.2, 0.25) is 0 Å². The summed E-state index contributed by atoms with van der Waals surface area (Å²) < 4.78 is 0. The van der Waals surface area contributed by atoms with Crippen molar-refractivity contribution in [2.75, 3.05) is 11.1 Å². The Kier molecular flexibility index (Phi) is 3.69. The van der Waals surface area contributed by atoms with Crippen LogP contribution in [0.5, 0.6) is 0 Å². The minimum absolute atomic E-state index is 0.764. The van der Waals surface area contributed by atoms with E-state index in [4.69, 9.17) is 5.73 Å². The topological polar surface area (TPSA) is 26.0 Å². The second kappa shape index (κ2) is 4.84. The highest BCUT2D eigenvalue weighted by atomic mass is 79.9. The van der Waals surface area contributed by atoms with Gasteiger partial charge in [-0.05, 0) is 18.2 Å². The van der Waals surface area contributed by atoms with Crippen molar-refractivity contribution in [1.29, 1.82) is 0 Å². The summed E-state index contributed by atoms with van der Waals surface area (Å²) in [6.07, 6.45) is 0.870. The van der Waals surface area contributed by atoms with Crippen molar-refractivity contribution in [3.63, 3.8) is 0 Å². The lowest BCUT2D eigenvalue weighted by Crippen LogP contribution is -1.84. The molecule has 0 radical (unpaired) electrons. The number of rotatable bonds is 1. The maximum absolute atomic E-state index is 5.59. The van der Waals surface area contributed by atoms with Crippen LogP contribution >= 0.6 is 15.9 Å². The zero-order chi connectivity index (χ0) is 8.81. The number of hydrogen-bond acceptors (Lipinski definition) is 1. The first-order chi connectivity index (χ1) is 5.83. The molecule has 2 N–H and O–H groups in total. The van der Waals surface area contributed by atoms with Crippen LogP contribution < -0.4 is 5.73 Å². The van der Waals surface area contributed by atoms with Gasteiger partial charge in [0.1, 0.15) is 0 Å². The molecule has 1 aromatic rings. The van der Waals surface area contributed by atoms with E-state index in [1.165, 1.54) is 0 Å². The van der Waals surface area contributed by atoms with Gasteiger partial charge >= 0.3 is 0 Å². The molecular formula is C10H10BrN. The van der Waals surface area contributed by atoms with E-state index in [1.54, 1.807) is 0 Å². The highest BCUT2D eigenvalue weighted by molar-refractivity contribution is 9.09. The van der Waals surface area contributed by atoms with Crippen molar-refractivity contribution in [2.24, 2.45) is 0 Å². The van der Waals surface area contributed by atoms with Crippen molar-refractivity contribution in [1.82, 2.24) is 0 Å². The largest absolute Gasteiger partial charge is 0.399 e. The molecule has 0 atom stereocenters. The van der Waals surface area contributed by atoms with E-state index in [1.807, 2.05) is 24.3 Å². The molecule has 0 spiro atoms. The minimum atomic E-state index is 0.764. The Balaban J connectivity index is 2.71. The normalized spacial score (nSPS) is 8.75. The van der Waals surface area contributed by atoms with E-state index < -0.39 is 0 Å². The predicted molar refractivity (Wildman–Crippen MR) is 56.1 cm³/mol. The Morgan fingerprint density at radius 2 is 2.25 bits per heavy atom. The van der Waals surface area contributed by atoms with Gasteiger partial charge in [0.05, 0.1) is 0 Å². The summed E-state index contributed by atoms with van der Waals surface area (Å²) in [5, 5.41) is 0.919. The van der Waals surface area contributed by atoms with Crippen LogP contribution in [0, 0.1) is 11.8 Å².